The summed E-state index contributed by atoms with van der Waals surface area (Å²) in [6, 6.07) is 6.12. The van der Waals surface area contributed by atoms with E-state index in [2.05, 4.69) is 20.3 Å². The summed E-state index contributed by atoms with van der Waals surface area (Å²) in [5, 5.41) is 10.9. The Labute approximate surface area is 125 Å². The van der Waals surface area contributed by atoms with E-state index in [1.54, 1.807) is 18.3 Å². The molecule has 0 aliphatic heterocycles. The second kappa shape index (κ2) is 4.74. The van der Waals surface area contributed by atoms with Crippen molar-refractivity contribution in [3.8, 4) is 22.7 Å². The van der Waals surface area contributed by atoms with Gasteiger partial charge in [0.2, 0.25) is 0 Å². The highest BCUT2D eigenvalue weighted by atomic mass is 19.1. The van der Waals surface area contributed by atoms with Crippen LogP contribution in [0.4, 0.5) is 4.39 Å². The van der Waals surface area contributed by atoms with Gasteiger partial charge in [0.25, 0.3) is 5.89 Å². The quantitative estimate of drug-likeness (QED) is 0.775. The SMILES string of the molecule is NC1(c2noc(-c3cn[nH]c3-c3ccc(F)cc3)n2)CCC1. The third kappa shape index (κ3) is 2.01. The molecule has 0 bridgehead atoms. The van der Waals surface area contributed by atoms with Crippen molar-refractivity contribution in [3.63, 3.8) is 0 Å². The highest BCUT2D eigenvalue weighted by Gasteiger charge is 2.39. The minimum atomic E-state index is -0.471. The van der Waals surface area contributed by atoms with Crippen molar-refractivity contribution in [1.29, 1.82) is 0 Å². The number of rotatable bonds is 3. The van der Waals surface area contributed by atoms with E-state index in [0.29, 0.717) is 23.0 Å². The molecule has 1 saturated carbocycles. The zero-order valence-electron chi connectivity index (χ0n) is 11.7. The summed E-state index contributed by atoms with van der Waals surface area (Å²) >= 11 is 0. The lowest BCUT2D eigenvalue weighted by Gasteiger charge is -2.34. The highest BCUT2D eigenvalue weighted by Crippen LogP contribution is 2.38. The average molecular weight is 299 g/mol. The molecule has 0 amide bonds. The lowest BCUT2D eigenvalue weighted by atomic mass is 9.77. The van der Waals surface area contributed by atoms with Crippen molar-refractivity contribution >= 4 is 0 Å². The first-order valence-corrected chi connectivity index (χ1v) is 7.08. The number of halogens is 1. The molecule has 4 rings (SSSR count). The highest BCUT2D eigenvalue weighted by molar-refractivity contribution is 5.76. The number of H-pyrrole nitrogens is 1. The molecule has 1 fully saturated rings. The van der Waals surface area contributed by atoms with Crippen molar-refractivity contribution in [2.45, 2.75) is 24.8 Å². The lowest BCUT2D eigenvalue weighted by molar-refractivity contribution is 0.229. The first-order chi connectivity index (χ1) is 10.7. The molecule has 0 spiro atoms. The van der Waals surface area contributed by atoms with Gasteiger partial charge in [-0.2, -0.15) is 10.1 Å². The van der Waals surface area contributed by atoms with Crippen LogP contribution in [-0.4, -0.2) is 20.3 Å². The van der Waals surface area contributed by atoms with Crippen molar-refractivity contribution in [3.05, 3.63) is 42.1 Å². The Morgan fingerprint density at radius 3 is 2.68 bits per heavy atom. The van der Waals surface area contributed by atoms with E-state index in [4.69, 9.17) is 10.3 Å². The van der Waals surface area contributed by atoms with Crippen LogP contribution < -0.4 is 5.73 Å². The van der Waals surface area contributed by atoms with Crippen molar-refractivity contribution in [2.24, 2.45) is 5.73 Å². The van der Waals surface area contributed by atoms with E-state index in [0.717, 1.165) is 24.8 Å². The van der Waals surface area contributed by atoms with Gasteiger partial charge < -0.3 is 10.3 Å². The number of hydrogen-bond acceptors (Lipinski definition) is 5. The Balaban J connectivity index is 1.72. The Morgan fingerprint density at radius 2 is 2.00 bits per heavy atom. The summed E-state index contributed by atoms with van der Waals surface area (Å²) in [4.78, 5) is 4.41. The molecule has 2 aromatic heterocycles. The third-order valence-electron chi connectivity index (χ3n) is 4.12. The molecule has 3 N–H and O–H groups in total. The summed E-state index contributed by atoms with van der Waals surface area (Å²) in [6.07, 6.45) is 4.41. The summed E-state index contributed by atoms with van der Waals surface area (Å²) < 4.78 is 18.4. The van der Waals surface area contributed by atoms with Crippen LogP contribution in [0.2, 0.25) is 0 Å². The number of aromatic amines is 1. The summed E-state index contributed by atoms with van der Waals surface area (Å²) in [7, 11) is 0. The van der Waals surface area contributed by atoms with Crippen molar-refractivity contribution in [1.82, 2.24) is 20.3 Å². The van der Waals surface area contributed by atoms with Gasteiger partial charge in [0.1, 0.15) is 5.82 Å². The van der Waals surface area contributed by atoms with Gasteiger partial charge in [-0.1, -0.05) is 5.16 Å². The van der Waals surface area contributed by atoms with Crippen LogP contribution in [0.5, 0.6) is 0 Å². The minimum Gasteiger partial charge on any atom is -0.334 e. The Bertz CT molecular complexity index is 803. The molecule has 112 valence electrons. The smallest absolute Gasteiger partial charge is 0.261 e. The predicted octanol–water partition coefficient (Wildman–Crippen LogP) is 2.60. The largest absolute Gasteiger partial charge is 0.334 e. The maximum atomic E-state index is 13.1. The Hall–Kier alpha value is -2.54. The van der Waals surface area contributed by atoms with Gasteiger partial charge in [-0.05, 0) is 43.5 Å². The molecule has 0 unspecified atom stereocenters. The zero-order chi connectivity index (χ0) is 15.2. The van der Waals surface area contributed by atoms with E-state index in [9.17, 15) is 4.39 Å². The normalized spacial score (nSPS) is 16.5. The fourth-order valence-electron chi connectivity index (χ4n) is 2.60. The molecule has 1 aromatic carbocycles. The molecule has 3 aromatic rings. The van der Waals surface area contributed by atoms with E-state index in [1.807, 2.05) is 0 Å². The van der Waals surface area contributed by atoms with Crippen LogP contribution in [0, 0.1) is 5.82 Å². The predicted molar refractivity (Wildman–Crippen MR) is 77.0 cm³/mol. The molecule has 7 heteroatoms. The molecule has 0 radical (unpaired) electrons. The molecule has 2 heterocycles. The van der Waals surface area contributed by atoms with E-state index < -0.39 is 5.54 Å². The lowest BCUT2D eigenvalue weighted by Crippen LogP contribution is -2.44. The standard InChI is InChI=1S/C15H14FN5O/c16-10-4-2-9(3-5-10)12-11(8-18-20-12)13-19-14(21-22-13)15(17)6-1-7-15/h2-5,8H,1,6-7,17H2,(H,18,20). The van der Waals surface area contributed by atoms with E-state index in [1.165, 1.54) is 12.1 Å². The summed E-state index contributed by atoms with van der Waals surface area (Å²) in [5.74, 6) is 0.597. The molecular weight excluding hydrogens is 285 g/mol. The van der Waals surface area contributed by atoms with Gasteiger partial charge in [-0.25, -0.2) is 4.39 Å². The third-order valence-corrected chi connectivity index (χ3v) is 4.12. The van der Waals surface area contributed by atoms with Crippen LogP contribution in [0.1, 0.15) is 25.1 Å². The molecule has 22 heavy (non-hydrogen) atoms. The topological polar surface area (TPSA) is 93.6 Å². The second-order valence-electron chi connectivity index (χ2n) is 5.60. The fraction of sp³-hybridized carbons (Fsp3) is 0.267. The van der Waals surface area contributed by atoms with Gasteiger partial charge >= 0.3 is 0 Å². The van der Waals surface area contributed by atoms with Crippen LogP contribution in [0.3, 0.4) is 0 Å². The number of benzene rings is 1. The molecule has 1 aliphatic rings. The first kappa shape index (κ1) is 13.1. The summed E-state index contributed by atoms with van der Waals surface area (Å²) in [5.41, 5.74) is 7.91. The van der Waals surface area contributed by atoms with Crippen molar-refractivity contribution in [2.75, 3.05) is 0 Å². The molecule has 1 aliphatic carbocycles. The number of nitrogens with two attached hydrogens (primary N) is 1. The van der Waals surface area contributed by atoms with Crippen LogP contribution in [-0.2, 0) is 5.54 Å². The van der Waals surface area contributed by atoms with E-state index >= 15 is 0 Å². The molecule has 0 atom stereocenters. The van der Waals surface area contributed by atoms with Crippen molar-refractivity contribution < 1.29 is 8.91 Å². The molecular formula is C15H14FN5O. The monoisotopic (exact) mass is 299 g/mol. The number of hydrogen-bond donors (Lipinski definition) is 2. The molecule has 6 nitrogen and oxygen atoms in total. The van der Waals surface area contributed by atoms with Gasteiger partial charge in [0.05, 0.1) is 23.0 Å². The van der Waals surface area contributed by atoms with E-state index in [-0.39, 0.29) is 5.82 Å². The number of nitrogens with zero attached hydrogens (tertiary/aromatic N) is 3. The van der Waals surface area contributed by atoms with Gasteiger partial charge in [-0.3, -0.25) is 5.10 Å². The maximum absolute atomic E-state index is 13.1. The Kier molecular flexibility index (Phi) is 2.83. The zero-order valence-corrected chi connectivity index (χ0v) is 11.7. The maximum Gasteiger partial charge on any atom is 0.261 e. The van der Waals surface area contributed by atoms with Gasteiger partial charge in [0, 0.05) is 5.56 Å². The number of aromatic nitrogens is 4. The van der Waals surface area contributed by atoms with Crippen LogP contribution in [0.15, 0.2) is 35.0 Å². The Morgan fingerprint density at radius 1 is 1.23 bits per heavy atom. The van der Waals surface area contributed by atoms with Crippen LogP contribution in [0.25, 0.3) is 22.7 Å². The van der Waals surface area contributed by atoms with Gasteiger partial charge in [0.15, 0.2) is 5.82 Å². The van der Waals surface area contributed by atoms with Crippen LogP contribution >= 0.6 is 0 Å². The minimum absolute atomic E-state index is 0.292. The summed E-state index contributed by atoms with van der Waals surface area (Å²) in [6.45, 7) is 0. The number of nitrogens with one attached hydrogen (secondary N) is 1. The first-order valence-electron chi connectivity index (χ1n) is 7.08. The fourth-order valence-corrected chi connectivity index (χ4v) is 2.60. The molecule has 0 saturated heterocycles. The average Bonchev–Trinajstić information content (AvgIpc) is 3.14. The second-order valence-corrected chi connectivity index (χ2v) is 5.60. The van der Waals surface area contributed by atoms with Gasteiger partial charge in [-0.15, -0.1) is 0 Å².